The molecule has 0 unspecified atom stereocenters. The Morgan fingerprint density at radius 2 is 2.08 bits per heavy atom. The van der Waals surface area contributed by atoms with E-state index in [2.05, 4.69) is 12.6 Å². The molecule has 70 valence electrons. The van der Waals surface area contributed by atoms with Crippen molar-refractivity contribution in [3.8, 4) is 0 Å². The van der Waals surface area contributed by atoms with Crippen molar-refractivity contribution in [2.24, 2.45) is 0 Å². The van der Waals surface area contributed by atoms with Crippen molar-refractivity contribution < 1.29 is 4.92 Å². The molecule has 0 heterocycles. The van der Waals surface area contributed by atoms with Gasteiger partial charge in [0.05, 0.1) is 4.92 Å². The molecule has 1 aromatic carbocycles. The second kappa shape index (κ2) is 3.38. The summed E-state index contributed by atoms with van der Waals surface area (Å²) >= 11 is 4.34. The molecule has 3 nitrogen and oxygen atoms in total. The van der Waals surface area contributed by atoms with E-state index in [1.54, 1.807) is 12.1 Å². The van der Waals surface area contributed by atoms with Crippen molar-refractivity contribution in [1.82, 2.24) is 0 Å². The van der Waals surface area contributed by atoms with Crippen molar-refractivity contribution in [1.29, 1.82) is 0 Å². The van der Waals surface area contributed by atoms with Gasteiger partial charge in [-0.2, -0.15) is 12.6 Å². The molecule has 1 rings (SSSR count). The average molecular weight is 197 g/mol. The summed E-state index contributed by atoms with van der Waals surface area (Å²) in [5.74, 6) is 0. The lowest BCUT2D eigenvalue weighted by atomic mass is 10.0. The van der Waals surface area contributed by atoms with Crippen LogP contribution in [0.1, 0.15) is 19.4 Å². The van der Waals surface area contributed by atoms with E-state index < -0.39 is 4.92 Å². The minimum absolute atomic E-state index is 0.111. The number of benzene rings is 1. The first-order valence-electron chi connectivity index (χ1n) is 3.88. The van der Waals surface area contributed by atoms with Gasteiger partial charge in [-0.3, -0.25) is 10.1 Å². The quantitative estimate of drug-likeness (QED) is 0.450. The SMILES string of the molecule is CC(C)(S)c1cccc([N+](=O)[O-])c1. The van der Waals surface area contributed by atoms with Gasteiger partial charge in [-0.05, 0) is 19.4 Å². The number of nitro benzene ring substituents is 1. The molecule has 0 bridgehead atoms. The third-order valence-electron chi connectivity index (χ3n) is 1.76. The third-order valence-corrected chi connectivity index (χ3v) is 2.02. The fourth-order valence-corrected chi connectivity index (χ4v) is 1.14. The van der Waals surface area contributed by atoms with Crippen LogP contribution in [0.25, 0.3) is 0 Å². The second-order valence-electron chi connectivity index (χ2n) is 3.37. The molecule has 0 saturated heterocycles. The van der Waals surface area contributed by atoms with Crippen LogP contribution in [0.2, 0.25) is 0 Å². The molecule has 0 atom stereocenters. The standard InChI is InChI=1S/C9H11NO2S/c1-9(2,13)7-4-3-5-8(6-7)10(11)12/h3-6,13H,1-2H3. The van der Waals surface area contributed by atoms with Gasteiger partial charge < -0.3 is 0 Å². The molecule has 0 aromatic heterocycles. The molecule has 0 amide bonds. The molecule has 0 aliphatic carbocycles. The van der Waals surface area contributed by atoms with Crippen LogP contribution in [-0.2, 0) is 4.75 Å². The molecule has 0 fully saturated rings. The highest BCUT2D eigenvalue weighted by Gasteiger charge is 2.17. The fraction of sp³-hybridized carbons (Fsp3) is 0.333. The summed E-state index contributed by atoms with van der Waals surface area (Å²) in [7, 11) is 0. The summed E-state index contributed by atoms with van der Waals surface area (Å²) in [6.07, 6.45) is 0. The molecule has 1 aromatic rings. The Morgan fingerprint density at radius 1 is 1.46 bits per heavy atom. The minimum atomic E-state index is -0.400. The van der Waals surface area contributed by atoms with E-state index in [1.165, 1.54) is 6.07 Å². The van der Waals surface area contributed by atoms with Crippen LogP contribution in [0, 0.1) is 10.1 Å². The second-order valence-corrected chi connectivity index (χ2v) is 4.48. The maximum absolute atomic E-state index is 10.5. The van der Waals surface area contributed by atoms with Crippen LogP contribution in [0.5, 0.6) is 0 Å². The molecule has 0 N–H and O–H groups in total. The molecule has 0 spiro atoms. The van der Waals surface area contributed by atoms with Gasteiger partial charge in [-0.25, -0.2) is 0 Å². The number of thiol groups is 1. The van der Waals surface area contributed by atoms with E-state index in [-0.39, 0.29) is 10.4 Å². The summed E-state index contributed by atoms with van der Waals surface area (Å²) < 4.78 is -0.341. The van der Waals surface area contributed by atoms with E-state index >= 15 is 0 Å². The number of nitrogens with zero attached hydrogens (tertiary/aromatic N) is 1. The smallest absolute Gasteiger partial charge is 0.258 e. The third kappa shape index (κ3) is 2.45. The molecular formula is C9H11NO2S. The number of hydrogen-bond donors (Lipinski definition) is 1. The first-order chi connectivity index (χ1) is 5.91. The Kier molecular flexibility index (Phi) is 2.61. The van der Waals surface area contributed by atoms with Crippen LogP contribution < -0.4 is 0 Å². The summed E-state index contributed by atoms with van der Waals surface area (Å²) in [4.78, 5) is 10.1. The van der Waals surface area contributed by atoms with Crippen LogP contribution >= 0.6 is 12.6 Å². The lowest BCUT2D eigenvalue weighted by molar-refractivity contribution is -0.384. The molecule has 4 heteroatoms. The number of rotatable bonds is 2. The number of hydrogen-bond acceptors (Lipinski definition) is 3. The van der Waals surface area contributed by atoms with Crippen molar-refractivity contribution in [3.05, 3.63) is 39.9 Å². The summed E-state index contributed by atoms with van der Waals surface area (Å²) in [5.41, 5.74) is 0.963. The summed E-state index contributed by atoms with van der Waals surface area (Å²) in [6.45, 7) is 3.80. The maximum Gasteiger partial charge on any atom is 0.269 e. The van der Waals surface area contributed by atoms with Crippen LogP contribution in [0.4, 0.5) is 5.69 Å². The molecular weight excluding hydrogens is 186 g/mol. The van der Waals surface area contributed by atoms with Crippen LogP contribution in [-0.4, -0.2) is 4.92 Å². The van der Waals surface area contributed by atoms with Gasteiger partial charge >= 0.3 is 0 Å². The first kappa shape index (κ1) is 10.1. The maximum atomic E-state index is 10.5. The number of nitro groups is 1. The Morgan fingerprint density at radius 3 is 2.54 bits per heavy atom. The normalized spacial score (nSPS) is 11.3. The largest absolute Gasteiger partial charge is 0.269 e. The molecule has 0 aliphatic heterocycles. The van der Waals surface area contributed by atoms with E-state index in [0.717, 1.165) is 5.56 Å². The van der Waals surface area contributed by atoms with Gasteiger partial charge in [0.25, 0.3) is 5.69 Å². The average Bonchev–Trinajstić information content (AvgIpc) is 2.03. The van der Waals surface area contributed by atoms with Gasteiger partial charge in [-0.15, -0.1) is 0 Å². The zero-order valence-electron chi connectivity index (χ0n) is 7.52. The minimum Gasteiger partial charge on any atom is -0.258 e. The predicted molar refractivity (Wildman–Crippen MR) is 55.1 cm³/mol. The van der Waals surface area contributed by atoms with Gasteiger partial charge in [0.2, 0.25) is 0 Å². The van der Waals surface area contributed by atoms with Gasteiger partial charge in [0, 0.05) is 16.9 Å². The van der Waals surface area contributed by atoms with E-state index in [4.69, 9.17) is 0 Å². The van der Waals surface area contributed by atoms with Crippen molar-refractivity contribution >= 4 is 18.3 Å². The van der Waals surface area contributed by atoms with Crippen molar-refractivity contribution in [3.63, 3.8) is 0 Å². The summed E-state index contributed by atoms with van der Waals surface area (Å²) in [6, 6.07) is 6.53. The fourth-order valence-electron chi connectivity index (χ4n) is 1.00. The molecule has 13 heavy (non-hydrogen) atoms. The van der Waals surface area contributed by atoms with E-state index in [1.807, 2.05) is 19.9 Å². The van der Waals surface area contributed by atoms with Crippen molar-refractivity contribution in [2.45, 2.75) is 18.6 Å². The van der Waals surface area contributed by atoms with Crippen LogP contribution in [0.3, 0.4) is 0 Å². The van der Waals surface area contributed by atoms with E-state index in [9.17, 15) is 10.1 Å². The zero-order valence-corrected chi connectivity index (χ0v) is 8.41. The van der Waals surface area contributed by atoms with Gasteiger partial charge in [-0.1, -0.05) is 12.1 Å². The summed E-state index contributed by atoms with van der Waals surface area (Å²) in [5, 5.41) is 10.5. The Labute approximate surface area is 82.3 Å². The lowest BCUT2D eigenvalue weighted by Crippen LogP contribution is -2.07. The monoisotopic (exact) mass is 197 g/mol. The molecule has 0 radical (unpaired) electrons. The van der Waals surface area contributed by atoms with Crippen molar-refractivity contribution in [2.75, 3.05) is 0 Å². The topological polar surface area (TPSA) is 43.1 Å². The van der Waals surface area contributed by atoms with Crippen LogP contribution in [0.15, 0.2) is 24.3 Å². The highest BCUT2D eigenvalue weighted by atomic mass is 32.1. The molecule has 0 aliphatic rings. The highest BCUT2D eigenvalue weighted by molar-refractivity contribution is 7.81. The highest BCUT2D eigenvalue weighted by Crippen LogP contribution is 2.29. The Hall–Kier alpha value is -1.03. The molecule has 0 saturated carbocycles. The first-order valence-corrected chi connectivity index (χ1v) is 4.33. The predicted octanol–water partition coefficient (Wildman–Crippen LogP) is 2.76. The zero-order chi connectivity index (χ0) is 10.1. The van der Waals surface area contributed by atoms with Gasteiger partial charge in [0.1, 0.15) is 0 Å². The van der Waals surface area contributed by atoms with Gasteiger partial charge in [0.15, 0.2) is 0 Å². The Bertz CT molecular complexity index is 331. The number of non-ortho nitro benzene ring substituents is 1. The lowest BCUT2D eigenvalue weighted by Gasteiger charge is -2.16. The Balaban J connectivity index is 3.13. The van der Waals surface area contributed by atoms with E-state index in [0.29, 0.717) is 0 Å².